The first-order chi connectivity index (χ1) is 13.1. The summed E-state index contributed by atoms with van der Waals surface area (Å²) in [5.41, 5.74) is 1.91. The van der Waals surface area contributed by atoms with Gasteiger partial charge in [0.1, 0.15) is 5.75 Å². The number of aliphatic hydroxyl groups is 1. The van der Waals surface area contributed by atoms with Crippen molar-refractivity contribution in [2.24, 2.45) is 5.92 Å². The van der Waals surface area contributed by atoms with Crippen LogP contribution in [0.15, 0.2) is 47.4 Å². The van der Waals surface area contributed by atoms with Crippen LogP contribution in [0.1, 0.15) is 32.8 Å². The van der Waals surface area contributed by atoms with Gasteiger partial charge in [0.05, 0.1) is 17.1 Å². The lowest BCUT2D eigenvalue weighted by Gasteiger charge is -2.25. The average Bonchev–Trinajstić information content (AvgIpc) is 3.14. The lowest BCUT2D eigenvalue weighted by molar-refractivity contribution is 0.0236. The van der Waals surface area contributed by atoms with Crippen LogP contribution in [0.4, 0.5) is 0 Å². The van der Waals surface area contributed by atoms with E-state index in [1.165, 1.54) is 4.31 Å². The standard InChI is InChI=1S/C22H29NO4S/c1-5-27-21-9-7-6-8-20(21)19-11-10-18(14-16(19)2)28(25,26)23-13-12-17(15-23)22(3,4)24/h6-11,14,17,24H,5,12-13,15H2,1-4H3. The van der Waals surface area contributed by atoms with Gasteiger partial charge in [0.15, 0.2) is 0 Å². The highest BCUT2D eigenvalue weighted by Crippen LogP contribution is 2.35. The van der Waals surface area contributed by atoms with E-state index in [2.05, 4.69) is 0 Å². The minimum atomic E-state index is -3.58. The van der Waals surface area contributed by atoms with Crippen LogP contribution in [0.25, 0.3) is 11.1 Å². The molecule has 0 aromatic heterocycles. The lowest BCUT2D eigenvalue weighted by Crippen LogP contribution is -2.35. The van der Waals surface area contributed by atoms with Crippen LogP contribution in [0.3, 0.4) is 0 Å². The second-order valence-corrected chi connectivity index (χ2v) is 9.85. The highest BCUT2D eigenvalue weighted by atomic mass is 32.2. The largest absolute Gasteiger partial charge is 0.493 e. The maximum Gasteiger partial charge on any atom is 0.243 e. The van der Waals surface area contributed by atoms with Gasteiger partial charge in [-0.1, -0.05) is 24.3 Å². The van der Waals surface area contributed by atoms with E-state index in [0.717, 1.165) is 22.4 Å². The van der Waals surface area contributed by atoms with E-state index < -0.39 is 15.6 Å². The van der Waals surface area contributed by atoms with Crippen molar-refractivity contribution in [3.63, 3.8) is 0 Å². The van der Waals surface area contributed by atoms with Gasteiger partial charge in [0, 0.05) is 24.6 Å². The number of hydrogen-bond donors (Lipinski definition) is 1. The van der Waals surface area contributed by atoms with Crippen LogP contribution in [-0.4, -0.2) is 43.1 Å². The molecule has 1 saturated heterocycles. The number of hydrogen-bond acceptors (Lipinski definition) is 4. The first kappa shape index (κ1) is 20.8. The maximum atomic E-state index is 13.1. The molecule has 1 fully saturated rings. The monoisotopic (exact) mass is 403 g/mol. The molecule has 0 saturated carbocycles. The van der Waals surface area contributed by atoms with E-state index in [-0.39, 0.29) is 5.92 Å². The van der Waals surface area contributed by atoms with Crippen LogP contribution in [-0.2, 0) is 10.0 Å². The second-order valence-electron chi connectivity index (χ2n) is 7.91. The molecule has 0 aliphatic carbocycles. The second kappa shape index (κ2) is 7.85. The summed E-state index contributed by atoms with van der Waals surface area (Å²) in [5, 5.41) is 10.2. The average molecular weight is 404 g/mol. The van der Waals surface area contributed by atoms with Crippen molar-refractivity contribution in [1.82, 2.24) is 4.31 Å². The SMILES string of the molecule is CCOc1ccccc1-c1ccc(S(=O)(=O)N2CCC(C(C)(C)O)C2)cc1C. The Bertz CT molecular complexity index is 947. The first-order valence-corrected chi connectivity index (χ1v) is 11.1. The third-order valence-electron chi connectivity index (χ3n) is 5.46. The predicted molar refractivity (Wildman–Crippen MR) is 111 cm³/mol. The van der Waals surface area contributed by atoms with E-state index in [4.69, 9.17) is 4.74 Å². The molecule has 5 nitrogen and oxygen atoms in total. The molecule has 0 bridgehead atoms. The van der Waals surface area contributed by atoms with Crippen LogP contribution in [0.5, 0.6) is 5.75 Å². The van der Waals surface area contributed by atoms with Crippen molar-refractivity contribution in [3.8, 4) is 16.9 Å². The van der Waals surface area contributed by atoms with Gasteiger partial charge >= 0.3 is 0 Å². The third-order valence-corrected chi connectivity index (χ3v) is 7.32. The predicted octanol–water partition coefficient (Wildman–Crippen LogP) is 3.84. The molecule has 1 aliphatic rings. The Labute approximate surface area is 168 Å². The van der Waals surface area contributed by atoms with Crippen LogP contribution < -0.4 is 4.74 Å². The number of para-hydroxylation sites is 1. The third kappa shape index (κ3) is 4.09. The minimum Gasteiger partial charge on any atom is -0.493 e. The van der Waals surface area contributed by atoms with Gasteiger partial charge < -0.3 is 9.84 Å². The van der Waals surface area contributed by atoms with Gasteiger partial charge in [-0.2, -0.15) is 4.31 Å². The molecule has 1 N–H and O–H groups in total. The van der Waals surface area contributed by atoms with Gasteiger partial charge in [0.2, 0.25) is 10.0 Å². The van der Waals surface area contributed by atoms with Gasteiger partial charge in [-0.15, -0.1) is 0 Å². The van der Waals surface area contributed by atoms with Crippen molar-refractivity contribution < 1.29 is 18.3 Å². The molecule has 1 heterocycles. The lowest BCUT2D eigenvalue weighted by atomic mass is 9.91. The molecule has 152 valence electrons. The van der Waals surface area contributed by atoms with E-state index in [9.17, 15) is 13.5 Å². The molecule has 0 amide bonds. The molecule has 2 aromatic rings. The fourth-order valence-electron chi connectivity index (χ4n) is 3.74. The van der Waals surface area contributed by atoms with Gasteiger partial charge in [-0.25, -0.2) is 8.42 Å². The van der Waals surface area contributed by atoms with Crippen molar-refractivity contribution >= 4 is 10.0 Å². The summed E-state index contributed by atoms with van der Waals surface area (Å²) >= 11 is 0. The van der Waals surface area contributed by atoms with Crippen molar-refractivity contribution in [2.45, 2.75) is 44.6 Å². The molecule has 0 spiro atoms. The van der Waals surface area contributed by atoms with Crippen LogP contribution >= 0.6 is 0 Å². The summed E-state index contributed by atoms with van der Waals surface area (Å²) in [6, 6.07) is 13.0. The summed E-state index contributed by atoms with van der Waals surface area (Å²) < 4.78 is 33.4. The molecular weight excluding hydrogens is 374 g/mol. The zero-order valence-corrected chi connectivity index (χ0v) is 17.8. The molecule has 1 aliphatic heterocycles. The first-order valence-electron chi connectivity index (χ1n) is 9.70. The Kier molecular flexibility index (Phi) is 5.84. The van der Waals surface area contributed by atoms with E-state index in [0.29, 0.717) is 31.0 Å². The summed E-state index contributed by atoms with van der Waals surface area (Å²) in [5.74, 6) is 0.733. The number of rotatable bonds is 6. The van der Waals surface area contributed by atoms with Gasteiger partial charge in [0.25, 0.3) is 0 Å². The Morgan fingerprint density at radius 3 is 2.50 bits per heavy atom. The Hall–Kier alpha value is -1.89. The molecule has 1 unspecified atom stereocenters. The topological polar surface area (TPSA) is 66.8 Å². The summed E-state index contributed by atoms with van der Waals surface area (Å²) in [6.45, 7) is 8.69. The molecule has 2 aromatic carbocycles. The highest BCUT2D eigenvalue weighted by Gasteiger charge is 2.38. The van der Waals surface area contributed by atoms with Crippen molar-refractivity contribution in [3.05, 3.63) is 48.0 Å². The summed E-state index contributed by atoms with van der Waals surface area (Å²) in [6.07, 6.45) is 0.668. The van der Waals surface area contributed by atoms with Crippen molar-refractivity contribution in [1.29, 1.82) is 0 Å². The molecule has 6 heteroatoms. The van der Waals surface area contributed by atoms with Gasteiger partial charge in [-0.05, 0) is 63.4 Å². The molecule has 1 atom stereocenters. The number of benzene rings is 2. The van der Waals surface area contributed by atoms with E-state index in [1.807, 2.05) is 44.2 Å². The van der Waals surface area contributed by atoms with Crippen molar-refractivity contribution in [2.75, 3.05) is 19.7 Å². The summed E-state index contributed by atoms with van der Waals surface area (Å²) in [7, 11) is -3.58. The maximum absolute atomic E-state index is 13.1. The van der Waals surface area contributed by atoms with Gasteiger partial charge in [-0.3, -0.25) is 0 Å². The quantitative estimate of drug-likeness (QED) is 0.796. The number of nitrogens with zero attached hydrogens (tertiary/aromatic N) is 1. The van der Waals surface area contributed by atoms with E-state index in [1.54, 1.807) is 26.0 Å². The fourth-order valence-corrected chi connectivity index (χ4v) is 5.33. The zero-order valence-electron chi connectivity index (χ0n) is 17.0. The molecule has 0 radical (unpaired) electrons. The molecular formula is C22H29NO4S. The smallest absolute Gasteiger partial charge is 0.243 e. The normalized spacial score (nSPS) is 18.4. The highest BCUT2D eigenvalue weighted by molar-refractivity contribution is 7.89. The van der Waals surface area contributed by atoms with Crippen LogP contribution in [0, 0.1) is 12.8 Å². The Morgan fingerprint density at radius 2 is 1.89 bits per heavy atom. The number of sulfonamides is 1. The van der Waals surface area contributed by atoms with Crippen LogP contribution in [0.2, 0.25) is 0 Å². The summed E-state index contributed by atoms with van der Waals surface area (Å²) in [4.78, 5) is 0.291. The fraction of sp³-hybridized carbons (Fsp3) is 0.455. The molecule has 28 heavy (non-hydrogen) atoms. The number of ether oxygens (including phenoxy) is 1. The molecule has 3 rings (SSSR count). The number of aryl methyl sites for hydroxylation is 1. The Morgan fingerprint density at radius 1 is 1.18 bits per heavy atom. The van der Waals surface area contributed by atoms with E-state index >= 15 is 0 Å². The Balaban J connectivity index is 1.91. The minimum absolute atomic E-state index is 0.0549. The zero-order chi connectivity index (χ0) is 20.5.